The Morgan fingerprint density at radius 3 is 2.00 bits per heavy atom. The molecule has 0 radical (unpaired) electrons. The molecule has 2 nitrogen and oxygen atoms in total. The predicted molar refractivity (Wildman–Crippen MR) is 25.0 cm³/mol. The van der Waals surface area contributed by atoms with E-state index >= 15 is 0 Å². The zero-order valence-electron chi connectivity index (χ0n) is 3.63. The molecule has 0 aromatic carbocycles. The zero-order chi connectivity index (χ0) is 4.99. The van der Waals surface area contributed by atoms with E-state index in [1.54, 1.807) is 13.0 Å². The molecule has 0 amide bonds. The molecule has 0 heterocycles. The summed E-state index contributed by atoms with van der Waals surface area (Å²) in [7, 11) is -1.28. The second-order valence-corrected chi connectivity index (χ2v) is 0.939. The third-order valence-corrected chi connectivity index (χ3v) is 0.365. The first-order chi connectivity index (χ1) is 2.77. The lowest BCUT2D eigenvalue weighted by Gasteiger charge is -1.78. The van der Waals surface area contributed by atoms with E-state index in [-0.39, 0.29) is 0 Å². The summed E-state index contributed by atoms with van der Waals surface area (Å²) < 4.78 is 0. The second-order valence-electron chi connectivity index (χ2n) is 0.939. The summed E-state index contributed by atoms with van der Waals surface area (Å²) in [4.78, 5) is 0. The van der Waals surface area contributed by atoms with E-state index in [4.69, 9.17) is 10.0 Å². The molecule has 6 heavy (non-hydrogen) atoms. The summed E-state index contributed by atoms with van der Waals surface area (Å²) in [5, 5.41) is 16.0. The summed E-state index contributed by atoms with van der Waals surface area (Å²) in [6, 6.07) is 0. The fraction of sp³-hybridized carbons (Fsp3) is 0.333. The third-order valence-electron chi connectivity index (χ3n) is 0.365. The second kappa shape index (κ2) is 2.94. The van der Waals surface area contributed by atoms with Crippen LogP contribution in [-0.4, -0.2) is 17.2 Å². The SMILES string of the molecule is CC=CB(O)O. The Kier molecular flexibility index (Phi) is 2.80. The molecular formula is C3H7BO2. The summed E-state index contributed by atoms with van der Waals surface area (Å²) >= 11 is 0. The Balaban J connectivity index is 3.03. The summed E-state index contributed by atoms with van der Waals surface area (Å²) in [5.41, 5.74) is 0. The molecule has 0 saturated carbocycles. The topological polar surface area (TPSA) is 40.5 Å². The molecule has 0 aromatic heterocycles. The van der Waals surface area contributed by atoms with E-state index < -0.39 is 7.12 Å². The molecule has 2 N–H and O–H groups in total. The summed E-state index contributed by atoms with van der Waals surface area (Å²) in [6.45, 7) is 1.72. The van der Waals surface area contributed by atoms with Gasteiger partial charge in [0, 0.05) is 0 Å². The van der Waals surface area contributed by atoms with Crippen molar-refractivity contribution < 1.29 is 10.0 Å². The lowest BCUT2D eigenvalue weighted by molar-refractivity contribution is 0.424. The van der Waals surface area contributed by atoms with Crippen LogP contribution >= 0.6 is 0 Å². The van der Waals surface area contributed by atoms with Crippen LogP contribution in [0.25, 0.3) is 0 Å². The van der Waals surface area contributed by atoms with Crippen molar-refractivity contribution in [1.82, 2.24) is 0 Å². The van der Waals surface area contributed by atoms with Crippen molar-refractivity contribution in [3.05, 3.63) is 12.1 Å². The maximum atomic E-state index is 8.02. The molecule has 0 rings (SSSR count). The van der Waals surface area contributed by atoms with E-state index in [0.717, 1.165) is 0 Å². The highest BCUT2D eigenvalue weighted by molar-refractivity contribution is 6.47. The molecule has 0 bridgehead atoms. The molecule has 3 heteroatoms. The number of hydrogen-bond acceptors (Lipinski definition) is 2. The zero-order valence-corrected chi connectivity index (χ0v) is 3.63. The first-order valence-electron chi connectivity index (χ1n) is 1.76. The van der Waals surface area contributed by atoms with Crippen molar-refractivity contribution in [3.63, 3.8) is 0 Å². The van der Waals surface area contributed by atoms with E-state index in [1.807, 2.05) is 0 Å². The minimum Gasteiger partial charge on any atom is -0.424 e. The van der Waals surface area contributed by atoms with Gasteiger partial charge < -0.3 is 10.0 Å². The van der Waals surface area contributed by atoms with Crippen molar-refractivity contribution in [2.75, 3.05) is 0 Å². The average molecular weight is 85.9 g/mol. The monoisotopic (exact) mass is 86.1 g/mol. The van der Waals surface area contributed by atoms with Gasteiger partial charge in [-0.1, -0.05) is 12.1 Å². The van der Waals surface area contributed by atoms with Gasteiger partial charge in [0.1, 0.15) is 0 Å². The Hall–Kier alpha value is -0.275. The highest BCUT2D eigenvalue weighted by Gasteiger charge is 1.93. The van der Waals surface area contributed by atoms with Crippen LogP contribution in [0.15, 0.2) is 12.1 Å². The Morgan fingerprint density at radius 1 is 1.50 bits per heavy atom. The van der Waals surface area contributed by atoms with Crippen molar-refractivity contribution in [2.45, 2.75) is 6.92 Å². The maximum Gasteiger partial charge on any atom is 0.480 e. The van der Waals surface area contributed by atoms with Crippen LogP contribution < -0.4 is 0 Å². The van der Waals surface area contributed by atoms with Gasteiger partial charge in [0.2, 0.25) is 0 Å². The molecule has 0 aliphatic heterocycles. The predicted octanol–water partition coefficient (Wildman–Crippen LogP) is -0.425. The molecule has 0 spiro atoms. The first-order valence-corrected chi connectivity index (χ1v) is 1.76. The summed E-state index contributed by atoms with van der Waals surface area (Å²) in [6.07, 6.45) is 1.57. The van der Waals surface area contributed by atoms with Gasteiger partial charge in [-0.3, -0.25) is 0 Å². The minimum absolute atomic E-state index is 1.28. The smallest absolute Gasteiger partial charge is 0.424 e. The van der Waals surface area contributed by atoms with Gasteiger partial charge in [-0.2, -0.15) is 0 Å². The van der Waals surface area contributed by atoms with Crippen LogP contribution in [-0.2, 0) is 0 Å². The molecule has 0 aromatic rings. The quantitative estimate of drug-likeness (QED) is 0.425. The van der Waals surface area contributed by atoms with Gasteiger partial charge in [0.05, 0.1) is 0 Å². The van der Waals surface area contributed by atoms with Crippen LogP contribution in [0.1, 0.15) is 6.92 Å². The number of hydrogen-bond donors (Lipinski definition) is 2. The van der Waals surface area contributed by atoms with Crippen molar-refractivity contribution in [2.24, 2.45) is 0 Å². The van der Waals surface area contributed by atoms with Crippen LogP contribution in [0.3, 0.4) is 0 Å². The highest BCUT2D eigenvalue weighted by Crippen LogP contribution is 1.68. The van der Waals surface area contributed by atoms with Crippen LogP contribution in [0.5, 0.6) is 0 Å². The van der Waals surface area contributed by atoms with Crippen molar-refractivity contribution in [1.29, 1.82) is 0 Å². The average Bonchev–Trinajstić information content (AvgIpc) is 1.35. The Labute approximate surface area is 37.3 Å². The third kappa shape index (κ3) is 3.72. The number of allylic oxidation sites excluding steroid dienone is 1. The van der Waals surface area contributed by atoms with E-state index in [0.29, 0.717) is 0 Å². The van der Waals surface area contributed by atoms with E-state index in [2.05, 4.69) is 0 Å². The Bertz CT molecular complexity index is 50.8. The highest BCUT2D eigenvalue weighted by atomic mass is 16.4. The fourth-order valence-electron chi connectivity index (χ4n) is 0.172. The minimum atomic E-state index is -1.28. The van der Waals surface area contributed by atoms with Crippen LogP contribution in [0.4, 0.5) is 0 Å². The van der Waals surface area contributed by atoms with Gasteiger partial charge in [-0.25, -0.2) is 0 Å². The van der Waals surface area contributed by atoms with Crippen LogP contribution in [0.2, 0.25) is 0 Å². The molecule has 34 valence electrons. The van der Waals surface area contributed by atoms with Crippen molar-refractivity contribution >= 4 is 7.12 Å². The maximum absolute atomic E-state index is 8.02. The van der Waals surface area contributed by atoms with Gasteiger partial charge in [-0.05, 0) is 6.92 Å². The van der Waals surface area contributed by atoms with Gasteiger partial charge in [0.25, 0.3) is 0 Å². The van der Waals surface area contributed by atoms with E-state index in [1.165, 1.54) is 5.98 Å². The van der Waals surface area contributed by atoms with Gasteiger partial charge in [0.15, 0.2) is 0 Å². The summed E-state index contributed by atoms with van der Waals surface area (Å²) in [5.74, 6) is 1.28. The molecule has 0 unspecified atom stereocenters. The van der Waals surface area contributed by atoms with Gasteiger partial charge in [-0.15, -0.1) is 0 Å². The fourth-order valence-corrected chi connectivity index (χ4v) is 0.172. The molecule has 0 fully saturated rings. The van der Waals surface area contributed by atoms with E-state index in [9.17, 15) is 0 Å². The normalized spacial score (nSPS) is 9.83. The molecule has 0 atom stereocenters. The first kappa shape index (κ1) is 5.72. The standard InChI is InChI=1S/C3H7BO2/c1-2-3-4(5)6/h2-3,5-6H,1H3. The van der Waals surface area contributed by atoms with Crippen molar-refractivity contribution in [3.8, 4) is 0 Å². The molecular weight excluding hydrogens is 78.8 g/mol. The molecule has 0 aliphatic rings. The lowest BCUT2D eigenvalue weighted by atomic mass is 9.92. The van der Waals surface area contributed by atoms with Gasteiger partial charge >= 0.3 is 7.12 Å². The number of rotatable bonds is 1. The Morgan fingerprint density at radius 2 is 2.00 bits per heavy atom. The van der Waals surface area contributed by atoms with Crippen LogP contribution in [0, 0.1) is 0 Å². The largest absolute Gasteiger partial charge is 0.480 e. The molecule has 0 aliphatic carbocycles. The lowest BCUT2D eigenvalue weighted by Crippen LogP contribution is -2.04. The molecule has 0 saturated heterocycles.